The van der Waals surface area contributed by atoms with Crippen molar-refractivity contribution in [2.75, 3.05) is 13.2 Å². The number of ether oxygens (including phenoxy) is 3. The molecule has 0 fully saturated rings. The molecule has 0 amide bonds. The largest absolute Gasteiger partial charge is 0.462 e. The van der Waals surface area contributed by atoms with Crippen LogP contribution in [0, 0.1) is 0 Å². The first kappa shape index (κ1) is 71.1. The van der Waals surface area contributed by atoms with E-state index in [4.69, 9.17) is 14.2 Å². The minimum Gasteiger partial charge on any atom is -0.462 e. The van der Waals surface area contributed by atoms with Crippen LogP contribution in [0.4, 0.5) is 0 Å². The lowest BCUT2D eigenvalue weighted by Crippen LogP contribution is -2.30. The molecule has 428 valence electrons. The molecule has 0 N–H and O–H groups in total. The molecule has 0 heterocycles. The zero-order valence-electron chi connectivity index (χ0n) is 49.0. The minimum absolute atomic E-state index is 0.0869. The van der Waals surface area contributed by atoms with Gasteiger partial charge in [-0.1, -0.05) is 265 Å². The summed E-state index contributed by atoms with van der Waals surface area (Å²) in [6, 6.07) is 0. The van der Waals surface area contributed by atoms with E-state index in [0.29, 0.717) is 19.3 Å². The molecule has 75 heavy (non-hydrogen) atoms. The number of hydrogen-bond donors (Lipinski definition) is 0. The van der Waals surface area contributed by atoms with Crippen LogP contribution in [-0.4, -0.2) is 37.2 Å². The molecule has 1 atom stereocenters. The van der Waals surface area contributed by atoms with E-state index in [1.165, 1.54) is 116 Å². The van der Waals surface area contributed by atoms with Crippen molar-refractivity contribution in [3.8, 4) is 0 Å². The Balaban J connectivity index is 4.18. The topological polar surface area (TPSA) is 78.9 Å². The molecule has 1 unspecified atom stereocenters. The number of unbranched alkanes of at least 4 members (excludes halogenated alkanes) is 27. The third kappa shape index (κ3) is 60.8. The molecule has 6 nitrogen and oxygen atoms in total. The van der Waals surface area contributed by atoms with E-state index in [1.807, 2.05) is 0 Å². The highest BCUT2D eigenvalue weighted by Gasteiger charge is 2.19. The minimum atomic E-state index is -0.790. The van der Waals surface area contributed by atoms with Crippen LogP contribution in [0.25, 0.3) is 0 Å². The van der Waals surface area contributed by atoms with E-state index in [9.17, 15) is 14.4 Å². The van der Waals surface area contributed by atoms with Gasteiger partial charge in [-0.15, -0.1) is 0 Å². The maximum Gasteiger partial charge on any atom is 0.306 e. The van der Waals surface area contributed by atoms with Crippen molar-refractivity contribution in [3.63, 3.8) is 0 Å². The second kappa shape index (κ2) is 62.6. The lowest BCUT2D eigenvalue weighted by atomic mass is 10.0. The summed E-state index contributed by atoms with van der Waals surface area (Å²) in [5, 5.41) is 0. The Morgan fingerprint density at radius 1 is 0.280 bits per heavy atom. The fraction of sp³-hybridized carbons (Fsp3) is 0.696. The second-order valence-electron chi connectivity index (χ2n) is 20.5. The maximum absolute atomic E-state index is 12.8. The molecular weight excluding hydrogens is 925 g/mol. The Morgan fingerprint density at radius 3 is 0.827 bits per heavy atom. The third-order valence-electron chi connectivity index (χ3n) is 13.2. The van der Waals surface area contributed by atoms with Crippen molar-refractivity contribution in [2.24, 2.45) is 0 Å². The molecule has 0 aliphatic rings. The van der Waals surface area contributed by atoms with Crippen LogP contribution < -0.4 is 0 Å². The van der Waals surface area contributed by atoms with Gasteiger partial charge in [0.05, 0.1) is 0 Å². The van der Waals surface area contributed by atoms with Crippen molar-refractivity contribution >= 4 is 17.9 Å². The van der Waals surface area contributed by atoms with Gasteiger partial charge in [0.1, 0.15) is 13.2 Å². The van der Waals surface area contributed by atoms with Gasteiger partial charge in [0, 0.05) is 19.3 Å². The van der Waals surface area contributed by atoms with Crippen molar-refractivity contribution in [1.82, 2.24) is 0 Å². The summed E-state index contributed by atoms with van der Waals surface area (Å²) in [4.78, 5) is 38.2. The van der Waals surface area contributed by atoms with E-state index < -0.39 is 6.10 Å². The normalized spacial score (nSPS) is 12.8. The molecule has 0 aliphatic carbocycles. The highest BCUT2D eigenvalue weighted by molar-refractivity contribution is 5.71. The highest BCUT2D eigenvalue weighted by Crippen LogP contribution is 2.16. The van der Waals surface area contributed by atoms with Crippen molar-refractivity contribution in [1.29, 1.82) is 0 Å². The van der Waals surface area contributed by atoms with Crippen LogP contribution in [0.1, 0.15) is 290 Å². The third-order valence-corrected chi connectivity index (χ3v) is 13.2. The lowest BCUT2D eigenvalue weighted by molar-refractivity contribution is -0.167. The lowest BCUT2D eigenvalue weighted by Gasteiger charge is -2.18. The molecule has 0 rings (SSSR count). The van der Waals surface area contributed by atoms with E-state index in [-0.39, 0.29) is 31.1 Å². The summed E-state index contributed by atoms with van der Waals surface area (Å²) in [6.07, 6.45) is 85.4. The standard InChI is InChI=1S/C69H116O6/c1-4-7-10-13-16-19-22-24-26-27-28-29-30-31-32-33-34-35-36-37-38-39-40-41-43-44-47-50-53-56-59-62-68(71)74-65-66(64-73-67(70)61-58-55-52-49-46-21-18-15-12-9-6-3)75-69(72)63-60-57-54-51-48-45-42-25-23-20-17-14-11-8-5-2/h7-8,10-11,15-20,24-26,28-29,31-32,42,66H,4-6,9,12-14,21-23,27,30,33-41,43-65H2,1-3H3/b10-7-,11-8-,18-15-,19-16-,20-17-,26-24-,29-28-,32-31-,42-25-. The SMILES string of the molecule is CC/C=C\C/C=C\C/C=C\C/C=C\C/C=C\CCCCCCCCCCCCCCCCCC(=O)OCC(COC(=O)CCCCCCC/C=C\CCCC)OC(=O)CCCCCCC/C=C\C/C=C\C/C=C\CC. The predicted octanol–water partition coefficient (Wildman–Crippen LogP) is 21.4. The monoisotopic (exact) mass is 1040 g/mol. The first-order chi connectivity index (χ1) is 37.0. The number of hydrogen-bond acceptors (Lipinski definition) is 6. The van der Waals surface area contributed by atoms with Gasteiger partial charge >= 0.3 is 17.9 Å². The number of allylic oxidation sites excluding steroid dienone is 18. The van der Waals surface area contributed by atoms with Gasteiger partial charge in [0.25, 0.3) is 0 Å². The van der Waals surface area contributed by atoms with Gasteiger partial charge in [-0.25, -0.2) is 0 Å². The van der Waals surface area contributed by atoms with Crippen molar-refractivity contribution in [3.05, 3.63) is 109 Å². The molecule has 0 aromatic heterocycles. The molecule has 0 saturated heterocycles. The van der Waals surface area contributed by atoms with Crippen LogP contribution in [-0.2, 0) is 28.6 Å². The smallest absolute Gasteiger partial charge is 0.306 e. The quantitative estimate of drug-likeness (QED) is 0.0261. The fourth-order valence-electron chi connectivity index (χ4n) is 8.58. The molecule has 6 heteroatoms. The first-order valence-corrected chi connectivity index (χ1v) is 31.4. The Hall–Kier alpha value is -3.93. The van der Waals surface area contributed by atoms with Crippen LogP contribution in [0.5, 0.6) is 0 Å². The number of carbonyl (C=O) groups is 3. The molecule has 0 radical (unpaired) electrons. The summed E-state index contributed by atoms with van der Waals surface area (Å²) in [7, 11) is 0. The average molecular weight is 1040 g/mol. The maximum atomic E-state index is 12.8. The number of rotatable bonds is 56. The Labute approximate surface area is 463 Å². The van der Waals surface area contributed by atoms with Gasteiger partial charge in [-0.3, -0.25) is 14.4 Å². The summed E-state index contributed by atoms with van der Waals surface area (Å²) in [6.45, 7) is 6.37. The summed E-state index contributed by atoms with van der Waals surface area (Å²) < 4.78 is 16.9. The van der Waals surface area contributed by atoms with Gasteiger partial charge in [0.2, 0.25) is 0 Å². The summed E-state index contributed by atoms with van der Waals surface area (Å²) >= 11 is 0. The second-order valence-corrected chi connectivity index (χ2v) is 20.5. The molecule has 0 aromatic carbocycles. The van der Waals surface area contributed by atoms with Gasteiger partial charge in [-0.2, -0.15) is 0 Å². The highest BCUT2D eigenvalue weighted by atomic mass is 16.6. The first-order valence-electron chi connectivity index (χ1n) is 31.4. The van der Waals surface area contributed by atoms with E-state index >= 15 is 0 Å². The number of esters is 3. The Bertz CT molecular complexity index is 1520. The zero-order valence-corrected chi connectivity index (χ0v) is 49.0. The summed E-state index contributed by atoms with van der Waals surface area (Å²) in [5.41, 5.74) is 0. The van der Waals surface area contributed by atoms with Crippen molar-refractivity contribution < 1.29 is 28.6 Å². The molecule has 0 aromatic rings. The van der Waals surface area contributed by atoms with Crippen LogP contribution in [0.15, 0.2) is 109 Å². The van der Waals surface area contributed by atoms with Gasteiger partial charge < -0.3 is 14.2 Å². The summed E-state index contributed by atoms with van der Waals surface area (Å²) in [5.74, 6) is -0.910. The van der Waals surface area contributed by atoms with Crippen molar-refractivity contribution in [2.45, 2.75) is 297 Å². The predicted molar refractivity (Wildman–Crippen MR) is 325 cm³/mol. The zero-order chi connectivity index (χ0) is 54.3. The Morgan fingerprint density at radius 2 is 0.520 bits per heavy atom. The molecule has 0 aliphatic heterocycles. The Kier molecular flexibility index (Phi) is 59.3. The number of carbonyl (C=O) groups excluding carboxylic acids is 3. The average Bonchev–Trinajstić information content (AvgIpc) is 3.41. The van der Waals surface area contributed by atoms with Crippen LogP contribution in [0.3, 0.4) is 0 Å². The van der Waals surface area contributed by atoms with Crippen LogP contribution in [0.2, 0.25) is 0 Å². The molecule has 0 bridgehead atoms. The van der Waals surface area contributed by atoms with E-state index in [1.54, 1.807) is 0 Å². The van der Waals surface area contributed by atoms with E-state index in [0.717, 1.165) is 135 Å². The van der Waals surface area contributed by atoms with Gasteiger partial charge in [-0.05, 0) is 116 Å². The van der Waals surface area contributed by atoms with Crippen LogP contribution >= 0.6 is 0 Å². The van der Waals surface area contributed by atoms with Gasteiger partial charge in [0.15, 0.2) is 6.10 Å². The molecule has 0 spiro atoms. The molecule has 0 saturated carbocycles. The molecular formula is C69H116O6. The van der Waals surface area contributed by atoms with E-state index in [2.05, 4.69) is 130 Å². The fourth-order valence-corrected chi connectivity index (χ4v) is 8.58.